The van der Waals surface area contributed by atoms with E-state index in [2.05, 4.69) is 22.4 Å². The minimum absolute atomic E-state index is 0.226. The summed E-state index contributed by atoms with van der Waals surface area (Å²) >= 11 is 0. The molecule has 20 heavy (non-hydrogen) atoms. The van der Waals surface area contributed by atoms with E-state index in [0.717, 1.165) is 34.6 Å². The first-order valence-corrected chi connectivity index (χ1v) is 7.59. The summed E-state index contributed by atoms with van der Waals surface area (Å²) < 4.78 is 0. The van der Waals surface area contributed by atoms with E-state index in [1.807, 2.05) is 19.1 Å². The van der Waals surface area contributed by atoms with Crippen molar-refractivity contribution in [2.45, 2.75) is 32.6 Å². The van der Waals surface area contributed by atoms with Crippen molar-refractivity contribution in [3.8, 4) is 0 Å². The number of aromatic nitrogens is 1. The van der Waals surface area contributed by atoms with Crippen LogP contribution in [0, 0.1) is 24.7 Å². The van der Waals surface area contributed by atoms with Crippen LogP contribution in [-0.2, 0) is 4.79 Å². The molecule has 0 aliphatic heterocycles. The zero-order chi connectivity index (χ0) is 13.7. The van der Waals surface area contributed by atoms with Crippen LogP contribution < -0.4 is 5.32 Å². The predicted octanol–water partition coefficient (Wildman–Crippen LogP) is 3.85. The molecule has 0 radical (unpaired) electrons. The zero-order valence-electron chi connectivity index (χ0n) is 11.8. The number of aryl methyl sites for hydroxylation is 1. The summed E-state index contributed by atoms with van der Waals surface area (Å²) in [5, 5.41) is 4.28. The van der Waals surface area contributed by atoms with Crippen molar-refractivity contribution in [2.75, 3.05) is 5.32 Å². The molecule has 0 saturated heterocycles. The molecule has 1 amide bonds. The first kappa shape index (κ1) is 12.0. The Morgan fingerprint density at radius 1 is 1.25 bits per heavy atom. The van der Waals surface area contributed by atoms with E-state index in [4.69, 9.17) is 0 Å². The number of H-pyrrole nitrogens is 1. The van der Waals surface area contributed by atoms with Crippen LogP contribution in [0.2, 0.25) is 0 Å². The van der Waals surface area contributed by atoms with E-state index in [-0.39, 0.29) is 11.8 Å². The van der Waals surface area contributed by atoms with Gasteiger partial charge in [0.05, 0.1) is 0 Å². The van der Waals surface area contributed by atoms with Gasteiger partial charge in [-0.3, -0.25) is 4.79 Å². The van der Waals surface area contributed by atoms with Crippen LogP contribution in [0.5, 0.6) is 0 Å². The molecule has 2 N–H and O–H groups in total. The Morgan fingerprint density at radius 2 is 2.15 bits per heavy atom. The molecule has 3 nitrogen and oxygen atoms in total. The van der Waals surface area contributed by atoms with E-state index in [9.17, 15) is 4.79 Å². The van der Waals surface area contributed by atoms with Crippen molar-refractivity contribution in [1.82, 2.24) is 4.98 Å². The second-order valence-electron chi connectivity index (χ2n) is 6.52. The summed E-state index contributed by atoms with van der Waals surface area (Å²) in [6.45, 7) is 2.05. The molecule has 2 fully saturated rings. The van der Waals surface area contributed by atoms with Crippen molar-refractivity contribution in [3.63, 3.8) is 0 Å². The van der Waals surface area contributed by atoms with Crippen molar-refractivity contribution in [1.29, 1.82) is 0 Å². The molecule has 1 aromatic heterocycles. The molecular formula is C17H20N2O. The van der Waals surface area contributed by atoms with Crippen molar-refractivity contribution in [3.05, 3.63) is 30.0 Å². The standard InChI is InChI=1S/C17H20N2O/c1-10-6-13-9-14(4-5-16(13)18-10)19-17(20)15-8-11-2-3-12(15)7-11/h4-6,9,11-12,15,18H,2-3,7-8H2,1H3,(H,19,20)/t11-,12-,15-/m0/s1. The highest BCUT2D eigenvalue weighted by molar-refractivity contribution is 5.95. The average Bonchev–Trinajstić information content (AvgIpc) is 3.11. The predicted molar refractivity (Wildman–Crippen MR) is 80.6 cm³/mol. The quantitative estimate of drug-likeness (QED) is 0.853. The number of carbonyl (C=O) groups excluding carboxylic acids is 1. The molecular weight excluding hydrogens is 248 g/mol. The van der Waals surface area contributed by atoms with Crippen molar-refractivity contribution in [2.24, 2.45) is 17.8 Å². The van der Waals surface area contributed by atoms with Gasteiger partial charge in [0.2, 0.25) is 5.91 Å². The van der Waals surface area contributed by atoms with Gasteiger partial charge in [-0.25, -0.2) is 0 Å². The molecule has 0 spiro atoms. The van der Waals surface area contributed by atoms with Gasteiger partial charge < -0.3 is 10.3 Å². The minimum atomic E-state index is 0.226. The van der Waals surface area contributed by atoms with E-state index in [0.29, 0.717) is 5.92 Å². The second-order valence-corrected chi connectivity index (χ2v) is 6.52. The van der Waals surface area contributed by atoms with Gasteiger partial charge in [0, 0.05) is 28.2 Å². The molecule has 2 saturated carbocycles. The normalized spacial score (nSPS) is 28.1. The molecule has 2 aliphatic rings. The molecule has 1 heterocycles. The number of amides is 1. The largest absolute Gasteiger partial charge is 0.359 e. The first-order valence-electron chi connectivity index (χ1n) is 7.59. The highest BCUT2D eigenvalue weighted by Gasteiger charge is 2.42. The van der Waals surface area contributed by atoms with E-state index < -0.39 is 0 Å². The van der Waals surface area contributed by atoms with Gasteiger partial charge in [-0.2, -0.15) is 0 Å². The molecule has 4 rings (SSSR count). The summed E-state index contributed by atoms with van der Waals surface area (Å²) in [4.78, 5) is 15.7. The smallest absolute Gasteiger partial charge is 0.227 e. The lowest BCUT2D eigenvalue weighted by Crippen LogP contribution is -2.27. The lowest BCUT2D eigenvalue weighted by molar-refractivity contribution is -0.121. The summed E-state index contributed by atoms with van der Waals surface area (Å²) in [7, 11) is 0. The molecule has 2 aliphatic carbocycles. The number of hydrogen-bond donors (Lipinski definition) is 2. The third kappa shape index (κ3) is 1.92. The zero-order valence-corrected chi connectivity index (χ0v) is 11.8. The Bertz CT molecular complexity index is 673. The van der Waals surface area contributed by atoms with Gasteiger partial charge >= 0.3 is 0 Å². The van der Waals surface area contributed by atoms with Crippen LogP contribution in [0.1, 0.15) is 31.4 Å². The number of hydrogen-bond acceptors (Lipinski definition) is 1. The summed E-state index contributed by atoms with van der Waals surface area (Å²) in [6.07, 6.45) is 4.96. The topological polar surface area (TPSA) is 44.9 Å². The van der Waals surface area contributed by atoms with Crippen LogP contribution in [0.25, 0.3) is 10.9 Å². The van der Waals surface area contributed by atoms with Gasteiger partial charge in [-0.15, -0.1) is 0 Å². The average molecular weight is 268 g/mol. The molecule has 104 valence electrons. The number of anilines is 1. The van der Waals surface area contributed by atoms with E-state index in [1.54, 1.807) is 0 Å². The number of aromatic amines is 1. The highest BCUT2D eigenvalue weighted by Crippen LogP contribution is 2.48. The van der Waals surface area contributed by atoms with E-state index in [1.165, 1.54) is 19.3 Å². The Balaban J connectivity index is 1.53. The molecule has 2 aromatic rings. The van der Waals surface area contributed by atoms with Crippen LogP contribution in [0.15, 0.2) is 24.3 Å². The third-order valence-corrected chi connectivity index (χ3v) is 5.10. The van der Waals surface area contributed by atoms with Gasteiger partial charge in [-0.1, -0.05) is 6.42 Å². The number of fused-ring (bicyclic) bond motifs is 3. The van der Waals surface area contributed by atoms with E-state index >= 15 is 0 Å². The van der Waals surface area contributed by atoms with Crippen LogP contribution in [0.3, 0.4) is 0 Å². The lowest BCUT2D eigenvalue weighted by atomic mass is 9.88. The van der Waals surface area contributed by atoms with Crippen molar-refractivity contribution >= 4 is 22.5 Å². The van der Waals surface area contributed by atoms with Crippen LogP contribution in [0.4, 0.5) is 5.69 Å². The Morgan fingerprint density at radius 3 is 2.90 bits per heavy atom. The van der Waals surface area contributed by atoms with Crippen molar-refractivity contribution < 1.29 is 4.79 Å². The fourth-order valence-electron chi connectivity index (χ4n) is 4.16. The molecule has 0 unspecified atom stereocenters. The number of benzene rings is 1. The summed E-state index contributed by atoms with van der Waals surface area (Å²) in [5.41, 5.74) is 3.20. The Hall–Kier alpha value is -1.77. The highest BCUT2D eigenvalue weighted by atomic mass is 16.1. The molecule has 3 heteroatoms. The maximum Gasteiger partial charge on any atom is 0.227 e. The first-order chi connectivity index (χ1) is 9.69. The maximum atomic E-state index is 12.4. The number of rotatable bonds is 2. The maximum absolute atomic E-state index is 12.4. The number of nitrogens with one attached hydrogen (secondary N) is 2. The van der Waals surface area contributed by atoms with Gasteiger partial charge in [-0.05, 0) is 62.3 Å². The molecule has 1 aromatic carbocycles. The third-order valence-electron chi connectivity index (χ3n) is 5.10. The number of carbonyl (C=O) groups is 1. The lowest BCUT2D eigenvalue weighted by Gasteiger charge is -2.20. The van der Waals surface area contributed by atoms with Gasteiger partial charge in [0.1, 0.15) is 0 Å². The fraction of sp³-hybridized carbons (Fsp3) is 0.471. The summed E-state index contributed by atoms with van der Waals surface area (Å²) in [5.74, 6) is 1.92. The van der Waals surface area contributed by atoms with Crippen LogP contribution in [-0.4, -0.2) is 10.9 Å². The Labute approximate surface area is 118 Å². The molecule has 3 atom stereocenters. The Kier molecular flexibility index (Phi) is 2.62. The summed E-state index contributed by atoms with van der Waals surface area (Å²) in [6, 6.07) is 8.20. The van der Waals surface area contributed by atoms with Gasteiger partial charge in [0.25, 0.3) is 0 Å². The second kappa shape index (κ2) is 4.37. The SMILES string of the molecule is Cc1cc2cc(NC(=O)[C@H]3C[C@H]4CC[C@H]3C4)ccc2[nH]1. The monoisotopic (exact) mass is 268 g/mol. The fourth-order valence-corrected chi connectivity index (χ4v) is 4.16. The van der Waals surface area contributed by atoms with Gasteiger partial charge in [0.15, 0.2) is 0 Å². The van der Waals surface area contributed by atoms with Crippen LogP contribution >= 0.6 is 0 Å². The molecule has 2 bridgehead atoms. The minimum Gasteiger partial charge on any atom is -0.359 e.